The normalized spacial score (nSPS) is 10.8. The third kappa shape index (κ3) is 4.65. The third-order valence-electron chi connectivity index (χ3n) is 5.51. The molecule has 0 fully saturated rings. The van der Waals surface area contributed by atoms with E-state index in [2.05, 4.69) is 37.0 Å². The molecule has 3 aromatic heterocycles. The Kier molecular flexibility index (Phi) is 6.17. The van der Waals surface area contributed by atoms with Crippen LogP contribution in [0.2, 0.25) is 0 Å². The summed E-state index contributed by atoms with van der Waals surface area (Å²) in [7, 11) is 1.55. The van der Waals surface area contributed by atoms with Gasteiger partial charge in [-0.25, -0.2) is 15.0 Å². The van der Waals surface area contributed by atoms with E-state index in [1.165, 1.54) is 17.0 Å². The van der Waals surface area contributed by atoms with E-state index in [1.54, 1.807) is 37.6 Å². The summed E-state index contributed by atoms with van der Waals surface area (Å²) in [4.78, 5) is 24.2. The summed E-state index contributed by atoms with van der Waals surface area (Å²) in [5, 5.41) is 11.6. The van der Waals surface area contributed by atoms with Crippen LogP contribution in [-0.2, 0) is 4.79 Å². The maximum Gasteiger partial charge on any atom is 0.322 e. The van der Waals surface area contributed by atoms with E-state index in [4.69, 9.17) is 15.2 Å². The van der Waals surface area contributed by atoms with Crippen molar-refractivity contribution < 1.29 is 14.3 Å². The maximum atomic E-state index is 11.6. The monoisotopic (exact) mass is 494 g/mol. The van der Waals surface area contributed by atoms with Crippen LogP contribution in [0.25, 0.3) is 27.9 Å². The second-order valence-electron chi connectivity index (χ2n) is 7.93. The zero-order chi connectivity index (χ0) is 25.9. The van der Waals surface area contributed by atoms with Crippen LogP contribution < -0.4 is 20.5 Å². The van der Waals surface area contributed by atoms with Crippen molar-refractivity contribution in [1.29, 1.82) is 0 Å². The number of nitrogens with two attached hydrogens (primary N) is 1. The van der Waals surface area contributed by atoms with Crippen molar-refractivity contribution in [2.24, 2.45) is 0 Å². The van der Waals surface area contributed by atoms with Gasteiger partial charge in [0, 0.05) is 28.7 Å². The summed E-state index contributed by atoms with van der Waals surface area (Å²) in [5.74, 6) is 0.882. The van der Waals surface area contributed by atoms with Gasteiger partial charge in [-0.3, -0.25) is 4.79 Å². The Morgan fingerprint density at radius 1 is 1.08 bits per heavy atom. The van der Waals surface area contributed by atoms with Gasteiger partial charge in [-0.05, 0) is 48.9 Å². The molecule has 0 aliphatic carbocycles. The van der Waals surface area contributed by atoms with Crippen molar-refractivity contribution in [2.45, 2.75) is 6.92 Å². The van der Waals surface area contributed by atoms with Crippen LogP contribution >= 0.6 is 0 Å². The van der Waals surface area contributed by atoms with Gasteiger partial charge >= 0.3 is 6.01 Å². The molecule has 2 aromatic carbocycles. The standard InChI is InChI=1S/C26H22N8O3/c1-4-21(35)32-18-8-5-16(6-9-18)23-22(24-25(27)29-14-30-34(24)33-23)17-7-10-19(20(13-17)36-3)37-26-28-12-11-15(2)31-26/h4-14H,1H2,2-3H3,(H,32,35)(H2,27,29,30). The smallest absolute Gasteiger partial charge is 0.322 e. The van der Waals surface area contributed by atoms with E-state index in [0.717, 1.165) is 16.8 Å². The van der Waals surface area contributed by atoms with Gasteiger partial charge in [0.2, 0.25) is 5.91 Å². The van der Waals surface area contributed by atoms with Crippen LogP contribution in [0.3, 0.4) is 0 Å². The predicted octanol–water partition coefficient (Wildman–Crippen LogP) is 4.06. The Labute approximate surface area is 211 Å². The van der Waals surface area contributed by atoms with Crippen LogP contribution in [0.5, 0.6) is 17.5 Å². The lowest BCUT2D eigenvalue weighted by molar-refractivity contribution is -0.111. The zero-order valence-corrected chi connectivity index (χ0v) is 20.0. The minimum atomic E-state index is -0.297. The van der Waals surface area contributed by atoms with Gasteiger partial charge in [-0.1, -0.05) is 24.8 Å². The van der Waals surface area contributed by atoms with Gasteiger partial charge in [-0.15, -0.1) is 14.8 Å². The first-order chi connectivity index (χ1) is 18.0. The van der Waals surface area contributed by atoms with Gasteiger partial charge < -0.3 is 20.5 Å². The highest BCUT2D eigenvalue weighted by Gasteiger charge is 2.21. The van der Waals surface area contributed by atoms with Crippen molar-refractivity contribution >= 4 is 22.9 Å². The summed E-state index contributed by atoms with van der Waals surface area (Å²) in [5.41, 5.74) is 11.1. The Morgan fingerprint density at radius 3 is 2.59 bits per heavy atom. The molecule has 5 aromatic rings. The Bertz CT molecular complexity index is 1630. The van der Waals surface area contributed by atoms with Crippen molar-refractivity contribution in [3.63, 3.8) is 0 Å². The highest BCUT2D eigenvalue weighted by atomic mass is 16.5. The maximum absolute atomic E-state index is 11.6. The van der Waals surface area contributed by atoms with Crippen LogP contribution in [0, 0.1) is 6.92 Å². The number of aromatic nitrogens is 6. The highest BCUT2D eigenvalue weighted by molar-refractivity contribution is 5.99. The molecule has 0 bridgehead atoms. The number of nitrogen functional groups attached to an aromatic ring is 1. The SMILES string of the molecule is C=CC(=O)Nc1ccc(-c2nn3ncnc(N)c3c2-c2ccc(Oc3nccc(C)n3)c(OC)c2)cc1. The van der Waals surface area contributed by atoms with E-state index in [9.17, 15) is 4.79 Å². The largest absolute Gasteiger partial charge is 0.493 e. The molecule has 11 nitrogen and oxygen atoms in total. The quantitative estimate of drug-likeness (QED) is 0.320. The molecule has 0 atom stereocenters. The molecule has 0 aliphatic rings. The molecule has 11 heteroatoms. The Morgan fingerprint density at radius 2 is 1.86 bits per heavy atom. The first kappa shape index (κ1) is 23.4. The number of fused-ring (bicyclic) bond motifs is 1. The zero-order valence-electron chi connectivity index (χ0n) is 20.0. The molecular weight excluding hydrogens is 472 g/mol. The lowest BCUT2D eigenvalue weighted by Crippen LogP contribution is -2.06. The summed E-state index contributed by atoms with van der Waals surface area (Å²) < 4.78 is 12.9. The molecule has 5 rings (SSSR count). The number of rotatable bonds is 7. The average Bonchev–Trinajstić information content (AvgIpc) is 3.30. The molecule has 0 aliphatic heterocycles. The molecule has 1 amide bonds. The fraction of sp³-hybridized carbons (Fsp3) is 0.0769. The summed E-state index contributed by atoms with van der Waals surface area (Å²) >= 11 is 0. The van der Waals surface area contributed by atoms with Gasteiger partial charge in [-0.2, -0.15) is 0 Å². The molecule has 184 valence electrons. The number of hydrogen-bond donors (Lipinski definition) is 2. The van der Waals surface area contributed by atoms with Crippen molar-refractivity contribution in [1.82, 2.24) is 29.8 Å². The molecule has 0 spiro atoms. The first-order valence-electron chi connectivity index (χ1n) is 11.2. The lowest BCUT2D eigenvalue weighted by atomic mass is 9.99. The number of carbonyl (C=O) groups is 1. The number of anilines is 2. The molecule has 0 saturated heterocycles. The van der Waals surface area contributed by atoms with Crippen molar-refractivity contribution in [2.75, 3.05) is 18.2 Å². The van der Waals surface area contributed by atoms with Gasteiger partial charge in [0.15, 0.2) is 17.3 Å². The second-order valence-corrected chi connectivity index (χ2v) is 7.93. The first-order valence-corrected chi connectivity index (χ1v) is 11.2. The number of benzene rings is 2. The third-order valence-corrected chi connectivity index (χ3v) is 5.51. The summed E-state index contributed by atoms with van der Waals surface area (Å²) in [6.07, 6.45) is 4.18. The van der Waals surface area contributed by atoms with Crippen molar-refractivity contribution in [3.8, 4) is 39.9 Å². The average molecular weight is 495 g/mol. The summed E-state index contributed by atoms with van der Waals surface area (Å²) in [6.45, 7) is 5.33. The lowest BCUT2D eigenvalue weighted by Gasteiger charge is -2.12. The van der Waals surface area contributed by atoms with E-state index in [1.807, 2.05) is 31.2 Å². The number of amides is 1. The minimum Gasteiger partial charge on any atom is -0.493 e. The molecule has 0 unspecified atom stereocenters. The molecule has 37 heavy (non-hydrogen) atoms. The number of aryl methyl sites for hydroxylation is 1. The number of hydrogen-bond acceptors (Lipinski definition) is 9. The Balaban J connectivity index is 1.61. The molecule has 3 heterocycles. The van der Waals surface area contributed by atoms with Crippen LogP contribution in [0.1, 0.15) is 5.69 Å². The summed E-state index contributed by atoms with van der Waals surface area (Å²) in [6, 6.07) is 14.7. The minimum absolute atomic E-state index is 0.212. The van der Waals surface area contributed by atoms with E-state index in [0.29, 0.717) is 34.0 Å². The molecule has 0 radical (unpaired) electrons. The number of nitrogens with one attached hydrogen (secondary N) is 1. The van der Waals surface area contributed by atoms with Gasteiger partial charge in [0.25, 0.3) is 0 Å². The van der Waals surface area contributed by atoms with E-state index >= 15 is 0 Å². The predicted molar refractivity (Wildman–Crippen MR) is 138 cm³/mol. The topological polar surface area (TPSA) is 142 Å². The number of methoxy groups -OCH3 is 1. The fourth-order valence-electron chi connectivity index (χ4n) is 3.78. The highest BCUT2D eigenvalue weighted by Crippen LogP contribution is 2.41. The second kappa shape index (κ2) is 9.74. The number of ether oxygens (including phenoxy) is 2. The number of carbonyl (C=O) groups excluding carboxylic acids is 1. The molecular formula is C26H22N8O3. The van der Waals surface area contributed by atoms with Crippen LogP contribution in [0.15, 0.2) is 73.7 Å². The number of nitrogens with zero attached hydrogens (tertiary/aromatic N) is 6. The molecule has 3 N–H and O–H groups in total. The molecule has 0 saturated carbocycles. The van der Waals surface area contributed by atoms with Gasteiger partial charge in [0.05, 0.1) is 7.11 Å². The van der Waals surface area contributed by atoms with E-state index in [-0.39, 0.29) is 17.7 Å². The van der Waals surface area contributed by atoms with Crippen LogP contribution in [-0.4, -0.2) is 42.8 Å². The Hall–Kier alpha value is -5.32. The fourth-order valence-corrected chi connectivity index (χ4v) is 3.78. The van der Waals surface area contributed by atoms with Crippen molar-refractivity contribution in [3.05, 3.63) is 79.4 Å². The van der Waals surface area contributed by atoms with E-state index < -0.39 is 0 Å². The van der Waals surface area contributed by atoms with Gasteiger partial charge in [0.1, 0.15) is 17.5 Å². The van der Waals surface area contributed by atoms with Crippen LogP contribution in [0.4, 0.5) is 11.5 Å².